The van der Waals surface area contributed by atoms with Gasteiger partial charge in [0.25, 0.3) is 0 Å². The Morgan fingerprint density at radius 1 is 1.05 bits per heavy atom. The molecule has 2 rings (SSSR count). The van der Waals surface area contributed by atoms with E-state index in [9.17, 15) is 12.8 Å². The fraction of sp³-hybridized carbons (Fsp3) is 0.200. The quantitative estimate of drug-likeness (QED) is 0.917. The van der Waals surface area contributed by atoms with E-state index in [0.717, 1.165) is 11.1 Å². The lowest BCUT2D eigenvalue weighted by Crippen LogP contribution is -2.12. The second-order valence-electron chi connectivity index (χ2n) is 4.77. The number of hydrogen-bond donors (Lipinski definition) is 1. The molecule has 0 spiro atoms. The molecule has 21 heavy (non-hydrogen) atoms. The van der Waals surface area contributed by atoms with Crippen molar-refractivity contribution in [1.29, 1.82) is 0 Å². The molecule has 0 saturated heterocycles. The standard InChI is InChI=1S/C15H15ClFNO2S/c1-21(19,20)13-5-2-11(3-6-13)9-18-10-12-4-7-15(17)14(16)8-12/h2-8,18H,9-10H2,1H3. The Balaban J connectivity index is 1.93. The van der Waals surface area contributed by atoms with Crippen molar-refractivity contribution in [2.45, 2.75) is 18.0 Å². The molecule has 112 valence electrons. The molecule has 0 heterocycles. The maximum Gasteiger partial charge on any atom is 0.175 e. The van der Waals surface area contributed by atoms with Crippen LogP contribution in [0.15, 0.2) is 47.4 Å². The average molecular weight is 328 g/mol. The van der Waals surface area contributed by atoms with Crippen LogP contribution in [-0.4, -0.2) is 14.7 Å². The summed E-state index contributed by atoms with van der Waals surface area (Å²) in [4.78, 5) is 0.302. The number of nitrogens with one attached hydrogen (secondary N) is 1. The topological polar surface area (TPSA) is 46.2 Å². The molecule has 0 unspecified atom stereocenters. The van der Waals surface area contributed by atoms with Gasteiger partial charge in [-0.2, -0.15) is 0 Å². The molecule has 0 aliphatic carbocycles. The number of benzene rings is 2. The molecule has 0 atom stereocenters. The Labute approximate surface area is 128 Å². The van der Waals surface area contributed by atoms with E-state index in [1.807, 2.05) is 0 Å². The van der Waals surface area contributed by atoms with Gasteiger partial charge in [-0.05, 0) is 35.4 Å². The largest absolute Gasteiger partial charge is 0.309 e. The number of halogens is 2. The van der Waals surface area contributed by atoms with Crippen LogP contribution in [0.5, 0.6) is 0 Å². The molecule has 2 aromatic carbocycles. The van der Waals surface area contributed by atoms with E-state index in [0.29, 0.717) is 18.0 Å². The first-order valence-electron chi connectivity index (χ1n) is 6.30. The first-order chi connectivity index (χ1) is 9.86. The highest BCUT2D eigenvalue weighted by molar-refractivity contribution is 7.90. The van der Waals surface area contributed by atoms with Crippen LogP contribution in [0, 0.1) is 5.82 Å². The molecule has 0 bridgehead atoms. The third-order valence-electron chi connectivity index (χ3n) is 2.99. The summed E-state index contributed by atoms with van der Waals surface area (Å²) in [6, 6.07) is 11.3. The predicted octanol–water partition coefficient (Wildman–Crippen LogP) is 3.17. The van der Waals surface area contributed by atoms with E-state index in [2.05, 4.69) is 5.32 Å². The Morgan fingerprint density at radius 2 is 1.62 bits per heavy atom. The summed E-state index contributed by atoms with van der Waals surface area (Å²) >= 11 is 5.71. The monoisotopic (exact) mass is 327 g/mol. The highest BCUT2D eigenvalue weighted by atomic mass is 35.5. The van der Waals surface area contributed by atoms with Gasteiger partial charge in [-0.15, -0.1) is 0 Å². The minimum atomic E-state index is -3.16. The number of rotatable bonds is 5. The first kappa shape index (κ1) is 15.9. The van der Waals surface area contributed by atoms with Gasteiger partial charge in [-0.1, -0.05) is 29.8 Å². The van der Waals surface area contributed by atoms with Crippen LogP contribution in [0.2, 0.25) is 5.02 Å². The Kier molecular flexibility index (Phi) is 4.98. The lowest BCUT2D eigenvalue weighted by molar-refractivity contribution is 0.601. The first-order valence-corrected chi connectivity index (χ1v) is 8.57. The summed E-state index contributed by atoms with van der Waals surface area (Å²) in [6.07, 6.45) is 1.18. The maximum atomic E-state index is 13.0. The van der Waals surface area contributed by atoms with E-state index >= 15 is 0 Å². The normalized spacial score (nSPS) is 11.6. The molecule has 0 aromatic heterocycles. The van der Waals surface area contributed by atoms with Crippen LogP contribution in [0.25, 0.3) is 0 Å². The fourth-order valence-corrected chi connectivity index (χ4v) is 2.69. The third-order valence-corrected chi connectivity index (χ3v) is 4.41. The van der Waals surface area contributed by atoms with Gasteiger partial charge in [0.1, 0.15) is 5.82 Å². The molecular weight excluding hydrogens is 313 g/mol. The van der Waals surface area contributed by atoms with E-state index in [1.54, 1.807) is 36.4 Å². The Hall–Kier alpha value is -1.43. The minimum absolute atomic E-state index is 0.104. The lowest BCUT2D eigenvalue weighted by Gasteiger charge is -2.07. The van der Waals surface area contributed by atoms with Crippen molar-refractivity contribution in [2.75, 3.05) is 6.26 Å². The molecule has 0 radical (unpaired) electrons. The van der Waals surface area contributed by atoms with E-state index in [1.165, 1.54) is 12.3 Å². The molecule has 0 aliphatic heterocycles. The van der Waals surface area contributed by atoms with Crippen LogP contribution in [0.4, 0.5) is 4.39 Å². The van der Waals surface area contributed by atoms with Gasteiger partial charge < -0.3 is 5.32 Å². The molecule has 0 fully saturated rings. The van der Waals surface area contributed by atoms with Crippen molar-refractivity contribution >= 4 is 21.4 Å². The van der Waals surface area contributed by atoms with Crippen molar-refractivity contribution in [1.82, 2.24) is 5.32 Å². The summed E-state index contributed by atoms with van der Waals surface area (Å²) in [5.41, 5.74) is 1.85. The minimum Gasteiger partial charge on any atom is -0.309 e. The molecule has 0 amide bonds. The van der Waals surface area contributed by atoms with Crippen LogP contribution in [0.3, 0.4) is 0 Å². The van der Waals surface area contributed by atoms with Gasteiger partial charge in [-0.3, -0.25) is 0 Å². The smallest absolute Gasteiger partial charge is 0.175 e. The van der Waals surface area contributed by atoms with Gasteiger partial charge in [-0.25, -0.2) is 12.8 Å². The maximum absolute atomic E-state index is 13.0. The van der Waals surface area contributed by atoms with Gasteiger partial charge in [0.05, 0.1) is 9.92 Å². The van der Waals surface area contributed by atoms with Gasteiger partial charge in [0.15, 0.2) is 9.84 Å². The third kappa shape index (κ3) is 4.52. The van der Waals surface area contributed by atoms with E-state index in [-0.39, 0.29) is 5.02 Å². The molecule has 3 nitrogen and oxygen atoms in total. The molecule has 0 saturated carbocycles. The highest BCUT2D eigenvalue weighted by Gasteiger charge is 2.06. The van der Waals surface area contributed by atoms with Crippen molar-refractivity contribution in [2.24, 2.45) is 0 Å². The zero-order chi connectivity index (χ0) is 15.5. The molecule has 0 aliphatic rings. The van der Waals surface area contributed by atoms with Gasteiger partial charge in [0, 0.05) is 19.3 Å². The zero-order valence-corrected chi connectivity index (χ0v) is 13.0. The van der Waals surface area contributed by atoms with Crippen LogP contribution in [-0.2, 0) is 22.9 Å². The van der Waals surface area contributed by atoms with Gasteiger partial charge in [0.2, 0.25) is 0 Å². The molecule has 2 aromatic rings. The van der Waals surface area contributed by atoms with Crippen LogP contribution in [0.1, 0.15) is 11.1 Å². The molecule has 1 N–H and O–H groups in total. The SMILES string of the molecule is CS(=O)(=O)c1ccc(CNCc2ccc(F)c(Cl)c2)cc1. The molecular formula is C15H15ClFNO2S. The summed E-state index contributed by atoms with van der Waals surface area (Å²) in [5.74, 6) is -0.434. The van der Waals surface area contributed by atoms with Crippen LogP contribution < -0.4 is 5.32 Å². The second-order valence-corrected chi connectivity index (χ2v) is 7.19. The number of sulfone groups is 1. The van der Waals surface area contributed by atoms with Crippen molar-refractivity contribution in [3.63, 3.8) is 0 Å². The number of hydrogen-bond acceptors (Lipinski definition) is 3. The van der Waals surface area contributed by atoms with E-state index < -0.39 is 15.7 Å². The van der Waals surface area contributed by atoms with E-state index in [4.69, 9.17) is 11.6 Å². The Morgan fingerprint density at radius 3 is 2.19 bits per heavy atom. The molecule has 6 heteroatoms. The fourth-order valence-electron chi connectivity index (χ4n) is 1.86. The van der Waals surface area contributed by atoms with Crippen molar-refractivity contribution in [3.8, 4) is 0 Å². The highest BCUT2D eigenvalue weighted by Crippen LogP contribution is 2.16. The van der Waals surface area contributed by atoms with Crippen LogP contribution >= 0.6 is 11.6 Å². The second kappa shape index (κ2) is 6.56. The average Bonchev–Trinajstić information content (AvgIpc) is 2.42. The van der Waals surface area contributed by atoms with Crippen molar-refractivity contribution < 1.29 is 12.8 Å². The zero-order valence-electron chi connectivity index (χ0n) is 11.4. The predicted molar refractivity (Wildman–Crippen MR) is 81.5 cm³/mol. The van der Waals surface area contributed by atoms with Crippen molar-refractivity contribution in [3.05, 3.63) is 64.4 Å². The van der Waals surface area contributed by atoms with Gasteiger partial charge >= 0.3 is 0 Å². The summed E-state index contributed by atoms with van der Waals surface area (Å²) in [5, 5.41) is 3.30. The summed E-state index contributed by atoms with van der Waals surface area (Å²) < 4.78 is 35.7. The lowest BCUT2D eigenvalue weighted by atomic mass is 10.2. The Bertz CT molecular complexity index is 730. The summed E-state index contributed by atoms with van der Waals surface area (Å²) in [7, 11) is -3.16. The summed E-state index contributed by atoms with van der Waals surface area (Å²) in [6.45, 7) is 1.13.